The normalized spacial score (nSPS) is 27.5. The summed E-state index contributed by atoms with van der Waals surface area (Å²) in [6, 6.07) is 9.25. The molecule has 4 atom stereocenters. The van der Waals surface area contributed by atoms with Crippen LogP contribution in [0.15, 0.2) is 42.0 Å². The molecule has 2 aliphatic rings. The van der Waals surface area contributed by atoms with Crippen LogP contribution in [0.1, 0.15) is 25.3 Å². The van der Waals surface area contributed by atoms with Gasteiger partial charge in [0.2, 0.25) is 0 Å². The number of piperidine rings is 1. The van der Waals surface area contributed by atoms with Crippen LogP contribution in [0.25, 0.3) is 0 Å². The molecule has 0 unspecified atom stereocenters. The maximum Gasteiger partial charge on any atom is 0.330 e. The van der Waals surface area contributed by atoms with Crippen molar-refractivity contribution in [3.05, 3.63) is 47.5 Å². The fraction of sp³-hybridized carbons (Fsp3) is 0.500. The highest BCUT2D eigenvalue weighted by molar-refractivity contribution is 5.87. The molecule has 0 radical (unpaired) electrons. The topological polar surface area (TPSA) is 82.1 Å². The van der Waals surface area contributed by atoms with Gasteiger partial charge in [0, 0.05) is 24.7 Å². The van der Waals surface area contributed by atoms with E-state index in [1.807, 2.05) is 30.3 Å². The maximum absolute atomic E-state index is 12.7. The Balaban J connectivity index is 2.04. The average Bonchev–Trinajstić information content (AvgIpc) is 2.94. The second kappa shape index (κ2) is 9.22. The monoisotopic (exact) mass is 401 g/mol. The van der Waals surface area contributed by atoms with Crippen LogP contribution in [0.5, 0.6) is 0 Å². The standard InChI is InChI=1S/C22H27NO6/c1-4-29-17(24)12-15-10-11-16-18(21(25)27-2)19(22(26)28-3)20(15)23(16)13-14-8-6-5-7-9-14/h5-9,12,16,18-20H,4,10-11,13H2,1-3H3/b15-12-/t16-,18-,19-,20+/m0/s1. The summed E-state index contributed by atoms with van der Waals surface area (Å²) in [6.07, 6.45) is 2.72. The van der Waals surface area contributed by atoms with E-state index in [4.69, 9.17) is 14.2 Å². The number of carbonyl (C=O) groups excluding carboxylic acids is 3. The second-order valence-corrected chi connectivity index (χ2v) is 7.28. The minimum atomic E-state index is -0.732. The summed E-state index contributed by atoms with van der Waals surface area (Å²) < 4.78 is 15.2. The van der Waals surface area contributed by atoms with Gasteiger partial charge in [-0.1, -0.05) is 30.3 Å². The van der Waals surface area contributed by atoms with E-state index in [-0.39, 0.29) is 12.6 Å². The van der Waals surface area contributed by atoms with Crippen LogP contribution in [0.3, 0.4) is 0 Å². The minimum Gasteiger partial charge on any atom is -0.469 e. The third-order valence-corrected chi connectivity index (χ3v) is 5.78. The van der Waals surface area contributed by atoms with Crippen molar-refractivity contribution in [3.8, 4) is 0 Å². The summed E-state index contributed by atoms with van der Waals surface area (Å²) in [7, 11) is 2.64. The van der Waals surface area contributed by atoms with E-state index in [1.165, 1.54) is 20.3 Å². The van der Waals surface area contributed by atoms with Crippen LogP contribution in [-0.2, 0) is 35.1 Å². The molecule has 1 aromatic rings. The van der Waals surface area contributed by atoms with E-state index in [1.54, 1.807) is 6.92 Å². The van der Waals surface area contributed by atoms with Crippen molar-refractivity contribution in [2.45, 2.75) is 38.4 Å². The van der Waals surface area contributed by atoms with Gasteiger partial charge in [-0.05, 0) is 30.9 Å². The predicted octanol–water partition coefficient (Wildman–Crippen LogP) is 2.10. The molecule has 2 saturated heterocycles. The number of esters is 3. The zero-order valence-corrected chi connectivity index (χ0v) is 17.0. The van der Waals surface area contributed by atoms with E-state index in [0.717, 1.165) is 11.1 Å². The van der Waals surface area contributed by atoms with Crippen LogP contribution >= 0.6 is 0 Å². The Morgan fingerprint density at radius 3 is 2.34 bits per heavy atom. The number of hydrogen-bond acceptors (Lipinski definition) is 7. The number of fused-ring (bicyclic) bond motifs is 2. The maximum atomic E-state index is 12.7. The number of nitrogens with zero attached hydrogens (tertiary/aromatic N) is 1. The summed E-state index contributed by atoms with van der Waals surface area (Å²) in [4.78, 5) is 39.7. The van der Waals surface area contributed by atoms with E-state index < -0.39 is 35.8 Å². The quantitative estimate of drug-likeness (QED) is 0.410. The van der Waals surface area contributed by atoms with Gasteiger partial charge in [-0.2, -0.15) is 0 Å². The molecule has 2 heterocycles. The SMILES string of the molecule is CCOC(=O)/C=C1/CC[C@H]2[C@H](C(=O)OC)[C@H](C(=O)OC)[C@@H]1N2Cc1ccccc1. The van der Waals surface area contributed by atoms with E-state index in [0.29, 0.717) is 19.4 Å². The molecule has 0 aromatic heterocycles. The second-order valence-electron chi connectivity index (χ2n) is 7.28. The Morgan fingerprint density at radius 1 is 1.07 bits per heavy atom. The molecule has 156 valence electrons. The Hall–Kier alpha value is -2.67. The van der Waals surface area contributed by atoms with Crippen LogP contribution in [0.4, 0.5) is 0 Å². The first-order valence-electron chi connectivity index (χ1n) is 9.84. The fourth-order valence-electron chi connectivity index (χ4n) is 4.66. The first kappa shape index (κ1) is 21.0. The van der Waals surface area contributed by atoms with Crippen molar-refractivity contribution < 1.29 is 28.6 Å². The number of carbonyl (C=O) groups is 3. The van der Waals surface area contributed by atoms with Crippen LogP contribution in [0.2, 0.25) is 0 Å². The zero-order valence-electron chi connectivity index (χ0n) is 17.0. The van der Waals surface area contributed by atoms with Crippen molar-refractivity contribution in [3.63, 3.8) is 0 Å². The Kier molecular flexibility index (Phi) is 6.69. The molecule has 7 nitrogen and oxygen atoms in total. The van der Waals surface area contributed by atoms with Gasteiger partial charge in [0.25, 0.3) is 0 Å². The van der Waals surface area contributed by atoms with Crippen molar-refractivity contribution in [1.82, 2.24) is 4.90 Å². The summed E-state index contributed by atoms with van der Waals surface area (Å²) in [5.41, 5.74) is 1.85. The Morgan fingerprint density at radius 2 is 1.72 bits per heavy atom. The molecule has 0 N–H and O–H groups in total. The van der Waals surface area contributed by atoms with Crippen molar-refractivity contribution in [2.24, 2.45) is 11.8 Å². The van der Waals surface area contributed by atoms with Gasteiger partial charge in [-0.15, -0.1) is 0 Å². The first-order valence-corrected chi connectivity index (χ1v) is 9.84. The lowest BCUT2D eigenvalue weighted by Gasteiger charge is -2.37. The molecule has 3 rings (SSSR count). The molecule has 29 heavy (non-hydrogen) atoms. The molecular formula is C22H27NO6. The van der Waals surface area contributed by atoms with Crippen LogP contribution in [0, 0.1) is 11.8 Å². The van der Waals surface area contributed by atoms with Gasteiger partial charge in [0.15, 0.2) is 0 Å². The van der Waals surface area contributed by atoms with Crippen molar-refractivity contribution in [2.75, 3.05) is 20.8 Å². The molecule has 2 bridgehead atoms. The van der Waals surface area contributed by atoms with Crippen LogP contribution < -0.4 is 0 Å². The molecule has 0 aliphatic carbocycles. The fourth-order valence-corrected chi connectivity index (χ4v) is 4.66. The highest BCUT2D eigenvalue weighted by Crippen LogP contribution is 2.48. The Labute approximate surface area is 170 Å². The van der Waals surface area contributed by atoms with E-state index in [9.17, 15) is 14.4 Å². The van der Waals surface area contributed by atoms with Gasteiger partial charge in [-0.25, -0.2) is 4.79 Å². The molecular weight excluding hydrogens is 374 g/mol. The largest absolute Gasteiger partial charge is 0.469 e. The van der Waals surface area contributed by atoms with Crippen LogP contribution in [-0.4, -0.2) is 55.7 Å². The van der Waals surface area contributed by atoms with Gasteiger partial charge in [0.05, 0.1) is 32.7 Å². The molecule has 1 aromatic carbocycles. The average molecular weight is 401 g/mol. The van der Waals surface area contributed by atoms with Gasteiger partial charge >= 0.3 is 17.9 Å². The molecule has 0 saturated carbocycles. The molecule has 0 amide bonds. The number of rotatable bonds is 6. The van der Waals surface area contributed by atoms with Crippen molar-refractivity contribution in [1.29, 1.82) is 0 Å². The molecule has 7 heteroatoms. The highest BCUT2D eigenvalue weighted by Gasteiger charge is 2.59. The van der Waals surface area contributed by atoms with E-state index >= 15 is 0 Å². The first-order chi connectivity index (χ1) is 14.0. The van der Waals surface area contributed by atoms with Gasteiger partial charge in [-0.3, -0.25) is 14.5 Å². The summed E-state index contributed by atoms with van der Waals surface area (Å²) in [5.74, 6) is -2.71. The summed E-state index contributed by atoms with van der Waals surface area (Å²) in [5, 5.41) is 0. The minimum absolute atomic E-state index is 0.170. The summed E-state index contributed by atoms with van der Waals surface area (Å²) >= 11 is 0. The molecule has 2 fully saturated rings. The molecule has 0 spiro atoms. The predicted molar refractivity (Wildman–Crippen MR) is 105 cm³/mol. The third kappa shape index (κ3) is 4.19. The van der Waals surface area contributed by atoms with Crippen molar-refractivity contribution >= 4 is 17.9 Å². The number of benzene rings is 1. The zero-order chi connectivity index (χ0) is 21.0. The highest BCUT2D eigenvalue weighted by atomic mass is 16.5. The van der Waals surface area contributed by atoms with E-state index in [2.05, 4.69) is 4.90 Å². The number of methoxy groups -OCH3 is 2. The lowest BCUT2D eigenvalue weighted by atomic mass is 9.86. The number of ether oxygens (including phenoxy) is 3. The smallest absolute Gasteiger partial charge is 0.330 e. The molecule has 2 aliphatic heterocycles. The summed E-state index contributed by atoms with van der Waals surface area (Å²) in [6.45, 7) is 2.57. The van der Waals surface area contributed by atoms with Gasteiger partial charge in [0.1, 0.15) is 0 Å². The lowest BCUT2D eigenvalue weighted by Crippen LogP contribution is -2.43. The number of hydrogen-bond donors (Lipinski definition) is 0. The lowest BCUT2D eigenvalue weighted by molar-refractivity contribution is -0.156. The third-order valence-electron chi connectivity index (χ3n) is 5.78. The van der Waals surface area contributed by atoms with Gasteiger partial charge < -0.3 is 14.2 Å². The Bertz CT molecular complexity index is 790.